The van der Waals surface area contributed by atoms with Gasteiger partial charge in [-0.1, -0.05) is 0 Å². The molecule has 9 nitrogen and oxygen atoms in total. The van der Waals surface area contributed by atoms with E-state index in [1.54, 1.807) is 30.2 Å². The lowest BCUT2D eigenvalue weighted by atomic mass is 10.1. The number of hydrogen-bond donors (Lipinski definition) is 1. The molecule has 0 atom stereocenters. The van der Waals surface area contributed by atoms with Crippen LogP contribution in [0.15, 0.2) is 39.8 Å². The number of hydrogen-bond acceptors (Lipinski definition) is 7. The van der Waals surface area contributed by atoms with E-state index in [9.17, 15) is 18.0 Å². The van der Waals surface area contributed by atoms with Crippen molar-refractivity contribution in [3.63, 3.8) is 0 Å². The highest BCUT2D eigenvalue weighted by Crippen LogP contribution is 2.23. The van der Waals surface area contributed by atoms with Crippen LogP contribution in [0.2, 0.25) is 0 Å². The average Bonchev–Trinajstić information content (AvgIpc) is 3.21. The summed E-state index contributed by atoms with van der Waals surface area (Å²) in [6.07, 6.45) is 4.39. The van der Waals surface area contributed by atoms with E-state index < -0.39 is 9.84 Å². The number of carbonyl (C=O) groups is 2. The van der Waals surface area contributed by atoms with Crippen LogP contribution in [0.25, 0.3) is 11.3 Å². The van der Waals surface area contributed by atoms with Crippen LogP contribution in [-0.2, 0) is 25.8 Å². The summed E-state index contributed by atoms with van der Waals surface area (Å²) in [5, 5.41) is 3.00. The summed E-state index contributed by atoms with van der Waals surface area (Å²) < 4.78 is 33.8. The van der Waals surface area contributed by atoms with Gasteiger partial charge >= 0.3 is 6.09 Å². The van der Waals surface area contributed by atoms with Crippen molar-refractivity contribution in [2.24, 2.45) is 0 Å². The van der Waals surface area contributed by atoms with Crippen molar-refractivity contribution < 1.29 is 27.2 Å². The number of aryl methyl sites for hydroxylation is 1. The Morgan fingerprint density at radius 2 is 1.90 bits per heavy atom. The number of aromatic nitrogens is 1. The largest absolute Gasteiger partial charge is 0.450 e. The molecule has 1 aromatic heterocycles. The fraction of sp³-hybridized carbons (Fsp3) is 0.476. The van der Waals surface area contributed by atoms with E-state index in [0.717, 1.165) is 6.26 Å². The molecule has 10 heteroatoms. The molecule has 1 aliphatic rings. The first-order chi connectivity index (χ1) is 14.8. The Morgan fingerprint density at radius 1 is 1.23 bits per heavy atom. The predicted molar refractivity (Wildman–Crippen MR) is 113 cm³/mol. The van der Waals surface area contributed by atoms with Crippen LogP contribution in [0.5, 0.6) is 0 Å². The molecule has 1 aliphatic heterocycles. The molecule has 0 unspecified atom stereocenters. The van der Waals surface area contributed by atoms with Gasteiger partial charge in [-0.25, -0.2) is 18.2 Å². The van der Waals surface area contributed by atoms with Gasteiger partial charge in [-0.3, -0.25) is 4.79 Å². The quantitative estimate of drug-likeness (QED) is 0.689. The number of oxazole rings is 1. The highest BCUT2D eigenvalue weighted by atomic mass is 32.2. The zero-order chi connectivity index (χ0) is 22.4. The van der Waals surface area contributed by atoms with Crippen molar-refractivity contribution in [1.82, 2.24) is 15.2 Å². The van der Waals surface area contributed by atoms with Gasteiger partial charge in [0.2, 0.25) is 5.91 Å². The Labute approximate surface area is 181 Å². The highest BCUT2D eigenvalue weighted by Gasteiger charge is 2.24. The maximum atomic E-state index is 12.3. The third-order valence-electron chi connectivity index (χ3n) is 5.07. The van der Waals surface area contributed by atoms with E-state index in [-0.39, 0.29) is 29.4 Å². The average molecular weight is 450 g/mol. The molecule has 0 bridgehead atoms. The van der Waals surface area contributed by atoms with Crippen molar-refractivity contribution in [1.29, 1.82) is 0 Å². The van der Waals surface area contributed by atoms with E-state index in [1.807, 2.05) is 0 Å². The fourth-order valence-corrected chi connectivity index (χ4v) is 4.00. The first-order valence-electron chi connectivity index (χ1n) is 10.2. The minimum absolute atomic E-state index is 0.0339. The third kappa shape index (κ3) is 6.30. The number of nitrogens with one attached hydrogen (secondary N) is 1. The standard InChI is InChI=1S/C21H27N3O6S/c1-3-29-21(26)24-12-10-16(11-13-24)23-19(25)8-9-20-22-14-18(30-20)15-4-6-17(7-5-15)31(2,27)28/h4-7,14,16H,3,8-13H2,1-2H3,(H,23,25). The topological polar surface area (TPSA) is 119 Å². The van der Waals surface area contributed by atoms with Crippen LogP contribution in [0, 0.1) is 0 Å². The van der Waals surface area contributed by atoms with Crippen LogP contribution >= 0.6 is 0 Å². The molecule has 1 fully saturated rings. The molecule has 2 heterocycles. The van der Waals surface area contributed by atoms with Crippen LogP contribution in [0.4, 0.5) is 4.79 Å². The Balaban J connectivity index is 1.45. The molecule has 2 amide bonds. The smallest absolute Gasteiger partial charge is 0.409 e. The molecule has 0 radical (unpaired) electrons. The highest BCUT2D eigenvalue weighted by molar-refractivity contribution is 7.90. The number of ether oxygens (including phenoxy) is 1. The van der Waals surface area contributed by atoms with Crippen molar-refractivity contribution in [3.05, 3.63) is 36.4 Å². The van der Waals surface area contributed by atoms with Crippen LogP contribution in [0.3, 0.4) is 0 Å². The first kappa shape index (κ1) is 22.8. The number of benzene rings is 1. The number of amides is 2. The van der Waals surface area contributed by atoms with E-state index in [1.165, 1.54) is 12.1 Å². The predicted octanol–water partition coefficient (Wildman–Crippen LogP) is 2.41. The molecule has 0 aliphatic carbocycles. The summed E-state index contributed by atoms with van der Waals surface area (Å²) in [5.41, 5.74) is 0.712. The summed E-state index contributed by atoms with van der Waals surface area (Å²) in [6.45, 7) is 3.25. The van der Waals surface area contributed by atoms with Gasteiger partial charge in [0.15, 0.2) is 21.5 Å². The Bertz CT molecular complexity index is 1010. The lowest BCUT2D eigenvalue weighted by molar-refractivity contribution is -0.122. The number of likely N-dealkylation sites (tertiary alicyclic amines) is 1. The molecule has 2 aromatic rings. The number of sulfone groups is 1. The summed E-state index contributed by atoms with van der Waals surface area (Å²) in [7, 11) is -3.25. The zero-order valence-corrected chi connectivity index (χ0v) is 18.5. The van der Waals surface area contributed by atoms with Crippen LogP contribution in [-0.4, -0.2) is 62.3 Å². The molecule has 0 spiro atoms. The molecule has 3 rings (SSSR count). The van der Waals surface area contributed by atoms with Crippen LogP contribution in [0.1, 0.15) is 32.1 Å². The lowest BCUT2D eigenvalue weighted by Gasteiger charge is -2.31. The van der Waals surface area contributed by atoms with Crippen molar-refractivity contribution in [3.8, 4) is 11.3 Å². The minimum Gasteiger partial charge on any atom is -0.450 e. The summed E-state index contributed by atoms with van der Waals surface area (Å²) in [4.78, 5) is 30.1. The Morgan fingerprint density at radius 3 is 2.52 bits per heavy atom. The van der Waals surface area contributed by atoms with E-state index in [2.05, 4.69) is 10.3 Å². The van der Waals surface area contributed by atoms with Crippen molar-refractivity contribution in [2.45, 2.75) is 43.5 Å². The maximum absolute atomic E-state index is 12.3. The molecular weight excluding hydrogens is 422 g/mol. The summed E-state index contributed by atoms with van der Waals surface area (Å²) >= 11 is 0. The van der Waals surface area contributed by atoms with Gasteiger partial charge in [0.1, 0.15) is 0 Å². The van der Waals surface area contributed by atoms with Gasteiger partial charge in [0, 0.05) is 43.8 Å². The molecular formula is C21H27N3O6S. The molecule has 1 aromatic carbocycles. The minimum atomic E-state index is -3.25. The van der Waals surface area contributed by atoms with E-state index >= 15 is 0 Å². The van der Waals surface area contributed by atoms with Gasteiger partial charge in [-0.2, -0.15) is 0 Å². The first-order valence-corrected chi connectivity index (χ1v) is 12.1. The number of carbonyl (C=O) groups excluding carboxylic acids is 2. The fourth-order valence-electron chi connectivity index (χ4n) is 3.37. The molecule has 0 saturated carbocycles. The van der Waals surface area contributed by atoms with Gasteiger partial charge in [0.05, 0.1) is 17.7 Å². The second-order valence-electron chi connectivity index (χ2n) is 7.44. The SMILES string of the molecule is CCOC(=O)N1CCC(NC(=O)CCc2ncc(-c3ccc(S(C)(=O)=O)cc3)o2)CC1. The molecule has 31 heavy (non-hydrogen) atoms. The molecule has 1 N–H and O–H groups in total. The van der Waals surface area contributed by atoms with Gasteiger partial charge in [-0.05, 0) is 44.0 Å². The van der Waals surface area contributed by atoms with Crippen LogP contribution < -0.4 is 5.32 Å². The number of piperidine rings is 1. The zero-order valence-electron chi connectivity index (χ0n) is 17.7. The van der Waals surface area contributed by atoms with Gasteiger partial charge in [-0.15, -0.1) is 0 Å². The second kappa shape index (κ2) is 9.95. The Kier molecular flexibility index (Phi) is 7.32. The lowest BCUT2D eigenvalue weighted by Crippen LogP contribution is -2.46. The number of nitrogens with zero attached hydrogens (tertiary/aromatic N) is 2. The summed E-state index contributed by atoms with van der Waals surface area (Å²) in [5.74, 6) is 0.864. The van der Waals surface area contributed by atoms with Gasteiger partial charge in [0.25, 0.3) is 0 Å². The second-order valence-corrected chi connectivity index (χ2v) is 9.46. The monoisotopic (exact) mass is 449 g/mol. The normalized spacial score (nSPS) is 15.0. The number of rotatable bonds is 7. The molecule has 168 valence electrons. The van der Waals surface area contributed by atoms with Gasteiger partial charge < -0.3 is 19.4 Å². The summed E-state index contributed by atoms with van der Waals surface area (Å²) in [6, 6.07) is 6.40. The molecule has 1 saturated heterocycles. The van der Waals surface area contributed by atoms with Crippen molar-refractivity contribution >= 4 is 21.8 Å². The van der Waals surface area contributed by atoms with Crippen molar-refractivity contribution in [2.75, 3.05) is 26.0 Å². The Hall–Kier alpha value is -2.88. The van der Waals surface area contributed by atoms with E-state index in [4.69, 9.17) is 9.15 Å². The van der Waals surface area contributed by atoms with E-state index in [0.29, 0.717) is 56.2 Å². The maximum Gasteiger partial charge on any atom is 0.409 e. The third-order valence-corrected chi connectivity index (χ3v) is 6.20.